The van der Waals surface area contributed by atoms with E-state index in [2.05, 4.69) is 20.0 Å². The Morgan fingerprint density at radius 3 is 2.43 bits per heavy atom. The molecule has 0 aliphatic carbocycles. The maximum Gasteiger partial charge on any atom is 0.573 e. The van der Waals surface area contributed by atoms with Gasteiger partial charge in [-0.15, -0.1) is 13.2 Å². The average Bonchev–Trinajstić information content (AvgIpc) is 2.63. The Labute approximate surface area is 157 Å². The first-order chi connectivity index (χ1) is 13.2. The Morgan fingerprint density at radius 2 is 1.79 bits per heavy atom. The number of aromatic carboxylic acids is 1. The molecule has 6 nitrogen and oxygen atoms in total. The second-order valence-corrected chi connectivity index (χ2v) is 5.78. The predicted molar refractivity (Wildman–Crippen MR) is 95.6 cm³/mol. The van der Waals surface area contributed by atoms with Crippen molar-refractivity contribution >= 4 is 17.6 Å². The molecule has 0 saturated carbocycles. The Hall–Kier alpha value is -3.62. The quantitative estimate of drug-likeness (QED) is 0.653. The number of carboxylic acids is 1. The van der Waals surface area contributed by atoms with Crippen LogP contribution in [0.1, 0.15) is 15.9 Å². The molecule has 0 aliphatic rings. The van der Waals surface area contributed by atoms with Crippen molar-refractivity contribution in [2.24, 2.45) is 0 Å². The van der Waals surface area contributed by atoms with E-state index in [1.807, 2.05) is 0 Å². The Balaban J connectivity index is 1.93. The standard InChI is InChI=1S/C19H14F3N3O3/c1-11-10-23-18(24-13-8-6-12(7-9-13)17(26)27)25-16(11)14-4-2-3-5-15(14)28-19(20,21)22/h2-10H,1H3,(H,26,27)(H,23,24,25). The maximum absolute atomic E-state index is 12.7. The van der Waals surface area contributed by atoms with Gasteiger partial charge in [-0.2, -0.15) is 0 Å². The summed E-state index contributed by atoms with van der Waals surface area (Å²) >= 11 is 0. The van der Waals surface area contributed by atoms with Gasteiger partial charge < -0.3 is 15.2 Å². The number of anilines is 2. The number of hydrogen-bond donors (Lipinski definition) is 2. The van der Waals surface area contributed by atoms with E-state index in [0.717, 1.165) is 0 Å². The lowest BCUT2D eigenvalue weighted by Gasteiger charge is -2.14. The summed E-state index contributed by atoms with van der Waals surface area (Å²) < 4.78 is 42.2. The Kier molecular flexibility index (Phi) is 5.16. The summed E-state index contributed by atoms with van der Waals surface area (Å²) in [6.45, 7) is 1.67. The van der Waals surface area contributed by atoms with Crippen LogP contribution in [0.25, 0.3) is 11.3 Å². The number of nitrogens with one attached hydrogen (secondary N) is 1. The molecule has 0 bridgehead atoms. The van der Waals surface area contributed by atoms with Crippen molar-refractivity contribution in [3.05, 3.63) is 65.9 Å². The zero-order chi connectivity index (χ0) is 20.3. The largest absolute Gasteiger partial charge is 0.573 e. The van der Waals surface area contributed by atoms with Crippen molar-refractivity contribution < 1.29 is 27.8 Å². The number of rotatable bonds is 5. The number of para-hydroxylation sites is 1. The van der Waals surface area contributed by atoms with Gasteiger partial charge in [-0.05, 0) is 48.9 Å². The van der Waals surface area contributed by atoms with Gasteiger partial charge in [0.05, 0.1) is 11.3 Å². The van der Waals surface area contributed by atoms with Crippen molar-refractivity contribution in [3.63, 3.8) is 0 Å². The number of ether oxygens (including phenoxy) is 1. The third kappa shape index (κ3) is 4.56. The molecule has 0 radical (unpaired) electrons. The number of nitrogens with zero attached hydrogens (tertiary/aromatic N) is 2. The van der Waals surface area contributed by atoms with Gasteiger partial charge in [0.1, 0.15) is 5.75 Å². The highest BCUT2D eigenvalue weighted by Gasteiger charge is 2.32. The molecule has 0 saturated heterocycles. The highest BCUT2D eigenvalue weighted by atomic mass is 19.4. The van der Waals surface area contributed by atoms with Gasteiger partial charge in [-0.1, -0.05) is 12.1 Å². The lowest BCUT2D eigenvalue weighted by molar-refractivity contribution is -0.274. The number of aryl methyl sites for hydroxylation is 1. The molecule has 28 heavy (non-hydrogen) atoms. The molecule has 9 heteroatoms. The molecule has 0 unspecified atom stereocenters. The van der Waals surface area contributed by atoms with Crippen molar-refractivity contribution in [1.29, 1.82) is 0 Å². The van der Waals surface area contributed by atoms with Crippen molar-refractivity contribution in [2.45, 2.75) is 13.3 Å². The summed E-state index contributed by atoms with van der Waals surface area (Å²) in [5.74, 6) is -1.28. The van der Waals surface area contributed by atoms with E-state index in [4.69, 9.17) is 5.11 Å². The third-order valence-corrected chi connectivity index (χ3v) is 3.73. The highest BCUT2D eigenvalue weighted by molar-refractivity contribution is 5.88. The van der Waals surface area contributed by atoms with Crippen LogP contribution in [0.3, 0.4) is 0 Å². The smallest absolute Gasteiger partial charge is 0.478 e. The van der Waals surface area contributed by atoms with Gasteiger partial charge in [0.2, 0.25) is 5.95 Å². The SMILES string of the molecule is Cc1cnc(Nc2ccc(C(=O)O)cc2)nc1-c1ccccc1OC(F)(F)F. The van der Waals surface area contributed by atoms with Crippen LogP contribution in [-0.2, 0) is 0 Å². The topological polar surface area (TPSA) is 84.3 Å². The molecule has 2 N–H and O–H groups in total. The van der Waals surface area contributed by atoms with Crippen LogP contribution in [0.5, 0.6) is 5.75 Å². The van der Waals surface area contributed by atoms with Crippen LogP contribution < -0.4 is 10.1 Å². The number of benzene rings is 2. The molecule has 0 spiro atoms. The first-order valence-electron chi connectivity index (χ1n) is 8.02. The fourth-order valence-electron chi connectivity index (χ4n) is 2.48. The highest BCUT2D eigenvalue weighted by Crippen LogP contribution is 2.34. The Bertz CT molecular complexity index is 1010. The minimum Gasteiger partial charge on any atom is -0.478 e. The molecule has 2 aromatic carbocycles. The molecule has 3 rings (SSSR count). The minimum absolute atomic E-state index is 0.120. The van der Waals surface area contributed by atoms with Gasteiger partial charge in [0.15, 0.2) is 0 Å². The number of carboxylic acid groups (broad SMARTS) is 1. The van der Waals surface area contributed by atoms with Gasteiger partial charge >= 0.3 is 12.3 Å². The van der Waals surface area contributed by atoms with E-state index < -0.39 is 12.3 Å². The number of alkyl halides is 3. The van der Waals surface area contributed by atoms with E-state index in [9.17, 15) is 18.0 Å². The zero-order valence-corrected chi connectivity index (χ0v) is 14.5. The van der Waals surface area contributed by atoms with Gasteiger partial charge in [0.25, 0.3) is 0 Å². The van der Waals surface area contributed by atoms with Crippen LogP contribution in [0.15, 0.2) is 54.7 Å². The second-order valence-electron chi connectivity index (χ2n) is 5.78. The molecule has 1 aromatic heterocycles. The predicted octanol–water partition coefficient (Wildman–Crippen LogP) is 4.79. The van der Waals surface area contributed by atoms with Crippen molar-refractivity contribution in [3.8, 4) is 17.0 Å². The fraction of sp³-hybridized carbons (Fsp3) is 0.105. The molecule has 0 fully saturated rings. The number of carbonyl (C=O) groups is 1. The molecule has 0 atom stereocenters. The summed E-state index contributed by atoms with van der Waals surface area (Å²) in [4.78, 5) is 19.3. The second kappa shape index (κ2) is 7.55. The molecule has 0 amide bonds. The molecule has 0 aliphatic heterocycles. The van der Waals surface area contributed by atoms with E-state index in [-0.39, 0.29) is 28.5 Å². The molecular weight excluding hydrogens is 375 g/mol. The van der Waals surface area contributed by atoms with Crippen LogP contribution in [0, 0.1) is 6.92 Å². The van der Waals surface area contributed by atoms with Gasteiger partial charge in [-0.25, -0.2) is 14.8 Å². The summed E-state index contributed by atoms with van der Waals surface area (Å²) in [7, 11) is 0. The van der Waals surface area contributed by atoms with Crippen LogP contribution in [-0.4, -0.2) is 27.4 Å². The van der Waals surface area contributed by atoms with Crippen molar-refractivity contribution in [2.75, 3.05) is 5.32 Å². The van der Waals surface area contributed by atoms with Crippen LogP contribution in [0.4, 0.5) is 24.8 Å². The minimum atomic E-state index is -4.83. The third-order valence-electron chi connectivity index (χ3n) is 3.73. The summed E-state index contributed by atoms with van der Waals surface area (Å²) in [6, 6.07) is 11.6. The number of aromatic nitrogens is 2. The van der Waals surface area contributed by atoms with Gasteiger partial charge in [-0.3, -0.25) is 0 Å². The van der Waals surface area contributed by atoms with E-state index in [1.165, 1.54) is 48.7 Å². The van der Waals surface area contributed by atoms with Crippen LogP contribution in [0.2, 0.25) is 0 Å². The first-order valence-corrected chi connectivity index (χ1v) is 8.02. The summed E-state index contributed by atoms with van der Waals surface area (Å²) in [5.41, 5.74) is 1.66. The maximum atomic E-state index is 12.7. The number of hydrogen-bond acceptors (Lipinski definition) is 5. The van der Waals surface area contributed by atoms with Gasteiger partial charge in [0, 0.05) is 17.4 Å². The number of halogens is 3. The zero-order valence-electron chi connectivity index (χ0n) is 14.5. The summed E-state index contributed by atoms with van der Waals surface area (Å²) in [5, 5.41) is 11.8. The average molecular weight is 389 g/mol. The lowest BCUT2D eigenvalue weighted by atomic mass is 10.1. The normalized spacial score (nSPS) is 11.1. The molecule has 144 valence electrons. The molecule has 1 heterocycles. The van der Waals surface area contributed by atoms with E-state index in [0.29, 0.717) is 11.3 Å². The van der Waals surface area contributed by atoms with Crippen LogP contribution >= 0.6 is 0 Å². The fourth-order valence-corrected chi connectivity index (χ4v) is 2.48. The Morgan fingerprint density at radius 1 is 1.11 bits per heavy atom. The van der Waals surface area contributed by atoms with E-state index >= 15 is 0 Å². The first kappa shape index (κ1) is 19.2. The monoisotopic (exact) mass is 389 g/mol. The lowest BCUT2D eigenvalue weighted by Crippen LogP contribution is -2.17. The molecular formula is C19H14F3N3O3. The van der Waals surface area contributed by atoms with Crippen molar-refractivity contribution in [1.82, 2.24) is 9.97 Å². The summed E-state index contributed by atoms with van der Waals surface area (Å²) in [6.07, 6.45) is -3.36. The molecule has 3 aromatic rings. The van der Waals surface area contributed by atoms with E-state index in [1.54, 1.807) is 13.0 Å².